The number of nitrogens with zero attached hydrogens (tertiary/aromatic N) is 1. The molecule has 0 aliphatic carbocycles. The Kier molecular flexibility index (Phi) is 3.70. The largest absolute Gasteiger partial charge is 0.480 e. The van der Waals surface area contributed by atoms with Crippen molar-refractivity contribution in [2.75, 3.05) is 32.9 Å². The summed E-state index contributed by atoms with van der Waals surface area (Å²) in [5, 5.41) is 8.59. The van der Waals surface area contributed by atoms with Gasteiger partial charge in [-0.25, -0.2) is 4.79 Å². The lowest BCUT2D eigenvalue weighted by atomic mass is 9.89. The smallest absolute Gasteiger partial charge is 0.329 e. The minimum Gasteiger partial charge on any atom is -0.480 e. The van der Waals surface area contributed by atoms with Crippen LogP contribution in [0.1, 0.15) is 20.3 Å². The van der Waals surface area contributed by atoms with Crippen molar-refractivity contribution in [1.82, 2.24) is 4.90 Å². The van der Waals surface area contributed by atoms with Gasteiger partial charge in [0.05, 0.1) is 12.2 Å². The van der Waals surface area contributed by atoms with Crippen LogP contribution in [0.4, 0.5) is 0 Å². The summed E-state index contributed by atoms with van der Waals surface area (Å²) in [7, 11) is 0. The summed E-state index contributed by atoms with van der Waals surface area (Å²) in [6.07, 6.45) is 1.13. The summed E-state index contributed by atoms with van der Waals surface area (Å²) in [5.74, 6) is -0.291. The van der Waals surface area contributed by atoms with Gasteiger partial charge in [-0.05, 0) is 26.2 Å². The van der Waals surface area contributed by atoms with Crippen LogP contribution in [0.15, 0.2) is 0 Å². The fourth-order valence-corrected chi connectivity index (χ4v) is 2.66. The van der Waals surface area contributed by atoms with E-state index in [9.17, 15) is 4.79 Å². The van der Waals surface area contributed by atoms with E-state index in [0.717, 1.165) is 32.7 Å². The summed E-state index contributed by atoms with van der Waals surface area (Å²) in [6.45, 7) is 7.35. The minimum atomic E-state index is -0.901. The Morgan fingerprint density at radius 2 is 2.35 bits per heavy atom. The third-order valence-corrected chi connectivity index (χ3v) is 3.84. The maximum absolute atomic E-state index is 10.5. The van der Waals surface area contributed by atoms with E-state index in [-0.39, 0.29) is 12.2 Å². The zero-order valence-corrected chi connectivity index (χ0v) is 10.5. The number of carboxylic acids is 1. The van der Waals surface area contributed by atoms with E-state index in [0.29, 0.717) is 12.0 Å². The number of hydrogen-bond donors (Lipinski definition) is 1. The quantitative estimate of drug-likeness (QED) is 0.765. The van der Waals surface area contributed by atoms with E-state index < -0.39 is 5.97 Å². The van der Waals surface area contributed by atoms with Crippen LogP contribution in [0.25, 0.3) is 0 Å². The Labute approximate surface area is 102 Å². The highest BCUT2D eigenvalue weighted by molar-refractivity contribution is 5.68. The Bertz CT molecular complexity index is 282. The van der Waals surface area contributed by atoms with Gasteiger partial charge in [0.1, 0.15) is 6.61 Å². The average molecular weight is 243 g/mol. The zero-order chi connectivity index (χ0) is 12.5. The third kappa shape index (κ3) is 2.97. The summed E-state index contributed by atoms with van der Waals surface area (Å²) >= 11 is 0. The van der Waals surface area contributed by atoms with Gasteiger partial charge in [-0.2, -0.15) is 0 Å². The van der Waals surface area contributed by atoms with Crippen molar-refractivity contribution in [1.29, 1.82) is 0 Å². The Morgan fingerprint density at radius 1 is 1.65 bits per heavy atom. The molecule has 1 N–H and O–H groups in total. The molecule has 2 saturated heterocycles. The normalized spacial score (nSPS) is 29.9. The molecule has 0 amide bonds. The molecule has 2 aliphatic heterocycles. The lowest BCUT2D eigenvalue weighted by Crippen LogP contribution is -2.65. The monoisotopic (exact) mass is 243 g/mol. The number of hydrogen-bond acceptors (Lipinski definition) is 4. The second-order valence-electron chi connectivity index (χ2n) is 5.40. The number of ether oxygens (including phenoxy) is 2. The van der Waals surface area contributed by atoms with E-state index in [1.165, 1.54) is 0 Å². The molecule has 0 saturated carbocycles. The zero-order valence-electron chi connectivity index (χ0n) is 10.5. The molecule has 0 bridgehead atoms. The van der Waals surface area contributed by atoms with Gasteiger partial charge in [-0.15, -0.1) is 0 Å². The first-order valence-corrected chi connectivity index (χ1v) is 6.18. The minimum absolute atomic E-state index is 0.203. The van der Waals surface area contributed by atoms with Crippen molar-refractivity contribution in [3.63, 3.8) is 0 Å². The molecule has 17 heavy (non-hydrogen) atoms. The molecule has 0 aromatic rings. The van der Waals surface area contributed by atoms with E-state index in [4.69, 9.17) is 14.6 Å². The molecule has 2 heterocycles. The van der Waals surface area contributed by atoms with Gasteiger partial charge in [0.2, 0.25) is 0 Å². The van der Waals surface area contributed by atoms with Crippen molar-refractivity contribution >= 4 is 5.97 Å². The SMILES string of the molecule is CC(C1CCOC1)N1CC(C)(OCC(=O)O)C1. The van der Waals surface area contributed by atoms with Gasteiger partial charge in [0.15, 0.2) is 0 Å². The molecule has 2 aliphatic rings. The van der Waals surface area contributed by atoms with Crippen LogP contribution in [0, 0.1) is 5.92 Å². The second kappa shape index (κ2) is 4.92. The average Bonchev–Trinajstić information content (AvgIpc) is 2.74. The van der Waals surface area contributed by atoms with E-state index in [1.807, 2.05) is 6.92 Å². The number of likely N-dealkylation sites (tertiary alicyclic amines) is 1. The van der Waals surface area contributed by atoms with Gasteiger partial charge in [0.25, 0.3) is 0 Å². The van der Waals surface area contributed by atoms with Crippen LogP contribution >= 0.6 is 0 Å². The van der Waals surface area contributed by atoms with Crippen molar-refractivity contribution < 1.29 is 19.4 Å². The first kappa shape index (κ1) is 12.8. The van der Waals surface area contributed by atoms with Gasteiger partial charge in [-0.3, -0.25) is 4.90 Å². The van der Waals surface area contributed by atoms with Crippen LogP contribution in [0.5, 0.6) is 0 Å². The maximum atomic E-state index is 10.5. The number of aliphatic carboxylic acids is 1. The highest BCUT2D eigenvalue weighted by Crippen LogP contribution is 2.31. The first-order valence-electron chi connectivity index (χ1n) is 6.18. The Hall–Kier alpha value is -0.650. The fraction of sp³-hybridized carbons (Fsp3) is 0.917. The molecule has 0 aromatic carbocycles. The number of carbonyl (C=O) groups is 1. The van der Waals surface area contributed by atoms with Crippen molar-refractivity contribution in [2.24, 2.45) is 5.92 Å². The Balaban J connectivity index is 1.75. The standard InChI is InChI=1S/C12H21NO4/c1-9(10-3-4-16-5-10)13-7-12(2,8-13)17-6-11(14)15/h9-10H,3-8H2,1-2H3,(H,14,15). The second-order valence-corrected chi connectivity index (χ2v) is 5.40. The van der Waals surface area contributed by atoms with Crippen LogP contribution in [-0.2, 0) is 14.3 Å². The van der Waals surface area contributed by atoms with Crippen LogP contribution in [0.3, 0.4) is 0 Å². The molecule has 98 valence electrons. The molecular formula is C12H21NO4. The lowest BCUT2D eigenvalue weighted by molar-refractivity contribution is -0.171. The lowest BCUT2D eigenvalue weighted by Gasteiger charge is -2.51. The van der Waals surface area contributed by atoms with Gasteiger partial charge >= 0.3 is 5.97 Å². The van der Waals surface area contributed by atoms with Crippen molar-refractivity contribution in [3.8, 4) is 0 Å². The van der Waals surface area contributed by atoms with Crippen molar-refractivity contribution in [3.05, 3.63) is 0 Å². The predicted molar refractivity (Wildman–Crippen MR) is 62.0 cm³/mol. The molecule has 2 unspecified atom stereocenters. The summed E-state index contributed by atoms with van der Waals surface area (Å²) < 4.78 is 10.8. The molecule has 0 spiro atoms. The van der Waals surface area contributed by atoms with E-state index in [1.54, 1.807) is 0 Å². The molecule has 2 rings (SSSR count). The molecule has 2 fully saturated rings. The molecular weight excluding hydrogens is 222 g/mol. The van der Waals surface area contributed by atoms with E-state index in [2.05, 4.69) is 11.8 Å². The van der Waals surface area contributed by atoms with Gasteiger partial charge < -0.3 is 14.6 Å². The van der Waals surface area contributed by atoms with Crippen molar-refractivity contribution in [2.45, 2.75) is 31.9 Å². The fourth-order valence-electron chi connectivity index (χ4n) is 2.66. The van der Waals surface area contributed by atoms with Crippen LogP contribution in [-0.4, -0.2) is 60.5 Å². The van der Waals surface area contributed by atoms with Crippen LogP contribution < -0.4 is 0 Å². The highest BCUT2D eigenvalue weighted by atomic mass is 16.5. The molecule has 5 nitrogen and oxygen atoms in total. The summed E-state index contributed by atoms with van der Waals surface area (Å²) in [5.41, 5.74) is -0.286. The molecule has 5 heteroatoms. The topological polar surface area (TPSA) is 59.0 Å². The predicted octanol–water partition coefficient (Wildman–Crippen LogP) is 0.587. The van der Waals surface area contributed by atoms with Gasteiger partial charge in [0, 0.05) is 25.7 Å². The van der Waals surface area contributed by atoms with Crippen LogP contribution in [0.2, 0.25) is 0 Å². The third-order valence-electron chi connectivity index (χ3n) is 3.84. The first-order chi connectivity index (χ1) is 8.00. The summed E-state index contributed by atoms with van der Waals surface area (Å²) in [6, 6.07) is 0.499. The summed E-state index contributed by atoms with van der Waals surface area (Å²) in [4.78, 5) is 12.8. The molecule has 2 atom stereocenters. The number of rotatable bonds is 5. The van der Waals surface area contributed by atoms with E-state index >= 15 is 0 Å². The molecule has 0 radical (unpaired) electrons. The maximum Gasteiger partial charge on any atom is 0.329 e. The molecule has 0 aromatic heterocycles. The number of carboxylic acid groups (broad SMARTS) is 1. The highest BCUT2D eigenvalue weighted by Gasteiger charge is 2.44. The van der Waals surface area contributed by atoms with Gasteiger partial charge in [-0.1, -0.05) is 0 Å². The Morgan fingerprint density at radius 3 is 2.88 bits per heavy atom.